The van der Waals surface area contributed by atoms with E-state index in [-0.39, 0.29) is 11.9 Å². The lowest BCUT2D eigenvalue weighted by Crippen LogP contribution is -2.47. The molecule has 2 aliphatic rings. The minimum atomic E-state index is -0.662. The average molecular weight is 316 g/mol. The number of amides is 3. The molecule has 124 valence electrons. The Bertz CT molecular complexity index is 551. The van der Waals surface area contributed by atoms with Crippen molar-refractivity contribution in [2.24, 2.45) is 0 Å². The molecule has 0 bridgehead atoms. The molecular weight excluding hydrogens is 292 g/mol. The minimum absolute atomic E-state index is 0.0685. The third kappa shape index (κ3) is 3.49. The fourth-order valence-corrected chi connectivity index (χ4v) is 3.50. The lowest BCUT2D eigenvalue weighted by molar-refractivity contribution is -0.132. The first kappa shape index (κ1) is 15.8. The molecule has 5 heteroatoms. The third-order valence-electron chi connectivity index (χ3n) is 4.78. The lowest BCUT2D eigenvalue weighted by atomic mass is 9.84. The van der Waals surface area contributed by atoms with Crippen molar-refractivity contribution in [1.82, 2.24) is 10.2 Å². The topological polar surface area (TPSA) is 58.6 Å². The summed E-state index contributed by atoms with van der Waals surface area (Å²) in [5, 5.41) is 2.97. The maximum atomic E-state index is 12.8. The third-order valence-corrected chi connectivity index (χ3v) is 4.78. The number of nitrogens with zero attached hydrogens (tertiary/aromatic N) is 1. The Morgan fingerprint density at radius 1 is 1.00 bits per heavy atom. The molecule has 1 spiro atoms. The van der Waals surface area contributed by atoms with Crippen LogP contribution in [-0.2, 0) is 4.79 Å². The van der Waals surface area contributed by atoms with Gasteiger partial charge in [0, 0.05) is 0 Å². The second kappa shape index (κ2) is 7.02. The van der Waals surface area contributed by atoms with Gasteiger partial charge in [0.2, 0.25) is 0 Å². The second-order valence-corrected chi connectivity index (χ2v) is 6.40. The van der Waals surface area contributed by atoms with E-state index in [1.54, 1.807) is 0 Å². The Morgan fingerprint density at radius 3 is 2.35 bits per heavy atom. The van der Waals surface area contributed by atoms with Crippen LogP contribution in [-0.4, -0.2) is 35.5 Å². The molecule has 23 heavy (non-hydrogen) atoms. The van der Waals surface area contributed by atoms with E-state index in [1.807, 2.05) is 30.3 Å². The van der Waals surface area contributed by atoms with E-state index in [1.165, 1.54) is 11.3 Å². The number of para-hydroxylation sites is 1. The number of hydrogen-bond donors (Lipinski definition) is 1. The number of nitrogens with one attached hydrogen (secondary N) is 1. The van der Waals surface area contributed by atoms with Gasteiger partial charge in [-0.3, -0.25) is 9.69 Å². The summed E-state index contributed by atoms with van der Waals surface area (Å²) in [6, 6.07) is 9.17. The number of hydrogen-bond acceptors (Lipinski definition) is 3. The van der Waals surface area contributed by atoms with Gasteiger partial charge in [-0.15, -0.1) is 0 Å². The number of benzene rings is 1. The maximum Gasteiger partial charge on any atom is 0.325 e. The van der Waals surface area contributed by atoms with Crippen LogP contribution in [0.2, 0.25) is 0 Å². The maximum absolute atomic E-state index is 12.8. The fraction of sp³-hybridized carbons (Fsp3) is 0.556. The van der Waals surface area contributed by atoms with Crippen LogP contribution in [0.1, 0.15) is 44.9 Å². The summed E-state index contributed by atoms with van der Waals surface area (Å²) in [7, 11) is 0. The van der Waals surface area contributed by atoms with Crippen molar-refractivity contribution in [3.63, 3.8) is 0 Å². The van der Waals surface area contributed by atoms with Crippen molar-refractivity contribution >= 4 is 11.9 Å². The number of ether oxygens (including phenoxy) is 1. The highest BCUT2D eigenvalue weighted by molar-refractivity contribution is 6.07. The Hall–Kier alpha value is -2.04. The molecule has 2 fully saturated rings. The first-order valence-electron chi connectivity index (χ1n) is 8.53. The monoisotopic (exact) mass is 316 g/mol. The van der Waals surface area contributed by atoms with Gasteiger partial charge in [0.25, 0.3) is 5.91 Å². The summed E-state index contributed by atoms with van der Waals surface area (Å²) in [5.41, 5.74) is -0.662. The molecule has 0 atom stereocenters. The molecule has 1 aliphatic heterocycles. The first-order chi connectivity index (χ1) is 11.2. The van der Waals surface area contributed by atoms with Crippen molar-refractivity contribution in [3.8, 4) is 5.75 Å². The van der Waals surface area contributed by atoms with Gasteiger partial charge in [0.05, 0.1) is 6.54 Å². The Labute approximate surface area is 137 Å². The molecule has 0 aromatic heterocycles. The summed E-state index contributed by atoms with van der Waals surface area (Å²) in [6.45, 7) is 0.612. The summed E-state index contributed by atoms with van der Waals surface area (Å²) in [4.78, 5) is 26.3. The van der Waals surface area contributed by atoms with Crippen LogP contribution in [0.25, 0.3) is 0 Å². The van der Waals surface area contributed by atoms with E-state index in [9.17, 15) is 9.59 Å². The van der Waals surface area contributed by atoms with E-state index in [4.69, 9.17) is 4.74 Å². The van der Waals surface area contributed by atoms with Crippen LogP contribution in [0, 0.1) is 0 Å². The molecule has 0 unspecified atom stereocenters. The van der Waals surface area contributed by atoms with Gasteiger partial charge in [-0.05, 0) is 25.0 Å². The van der Waals surface area contributed by atoms with Gasteiger partial charge in [-0.2, -0.15) is 0 Å². The van der Waals surface area contributed by atoms with Gasteiger partial charge in [-0.1, -0.05) is 50.3 Å². The second-order valence-electron chi connectivity index (χ2n) is 6.40. The molecule has 1 aromatic rings. The zero-order chi connectivity index (χ0) is 16.1. The van der Waals surface area contributed by atoms with Crippen molar-refractivity contribution in [2.75, 3.05) is 13.2 Å². The Kier molecular flexibility index (Phi) is 4.84. The fourth-order valence-electron chi connectivity index (χ4n) is 3.50. The lowest BCUT2D eigenvalue weighted by Gasteiger charge is -2.28. The van der Waals surface area contributed by atoms with Crippen molar-refractivity contribution in [1.29, 1.82) is 0 Å². The van der Waals surface area contributed by atoms with Crippen molar-refractivity contribution in [3.05, 3.63) is 30.3 Å². The predicted molar refractivity (Wildman–Crippen MR) is 87.2 cm³/mol. The van der Waals surface area contributed by atoms with Crippen molar-refractivity contribution < 1.29 is 14.3 Å². The van der Waals surface area contributed by atoms with Crippen LogP contribution < -0.4 is 10.1 Å². The van der Waals surface area contributed by atoms with Crippen LogP contribution in [0.3, 0.4) is 0 Å². The molecule has 1 saturated heterocycles. The van der Waals surface area contributed by atoms with Gasteiger partial charge in [0.15, 0.2) is 0 Å². The number of urea groups is 1. The Balaban J connectivity index is 1.59. The minimum Gasteiger partial charge on any atom is -0.492 e. The molecule has 1 saturated carbocycles. The van der Waals surface area contributed by atoms with Crippen molar-refractivity contribution in [2.45, 2.75) is 50.5 Å². The molecule has 1 heterocycles. The number of rotatable bonds is 4. The number of imide groups is 1. The molecular formula is C18H24N2O3. The summed E-state index contributed by atoms with van der Waals surface area (Å²) < 4.78 is 5.61. The van der Waals surface area contributed by atoms with E-state index in [0.717, 1.165) is 44.3 Å². The van der Waals surface area contributed by atoms with E-state index in [0.29, 0.717) is 13.2 Å². The van der Waals surface area contributed by atoms with E-state index < -0.39 is 5.54 Å². The molecule has 3 amide bonds. The largest absolute Gasteiger partial charge is 0.492 e. The quantitative estimate of drug-likeness (QED) is 0.868. The SMILES string of the molecule is O=C1NC2(CCCCCCC2)C(=O)N1CCOc1ccccc1. The molecule has 3 rings (SSSR count). The van der Waals surface area contributed by atoms with E-state index >= 15 is 0 Å². The summed E-state index contributed by atoms with van der Waals surface area (Å²) >= 11 is 0. The van der Waals surface area contributed by atoms with Gasteiger partial charge in [-0.25, -0.2) is 4.79 Å². The highest BCUT2D eigenvalue weighted by Crippen LogP contribution is 2.31. The summed E-state index contributed by atoms with van der Waals surface area (Å²) in [6.07, 6.45) is 7.03. The highest BCUT2D eigenvalue weighted by Gasteiger charge is 2.50. The standard InChI is InChI=1S/C18H24N2O3/c21-16-18(11-7-2-1-3-8-12-18)19-17(22)20(16)13-14-23-15-9-5-4-6-10-15/h4-6,9-10H,1-3,7-8,11-14H2,(H,19,22). The zero-order valence-electron chi connectivity index (χ0n) is 13.4. The molecule has 0 radical (unpaired) electrons. The van der Waals surface area contributed by atoms with Crippen LogP contribution in [0.15, 0.2) is 30.3 Å². The molecule has 1 aliphatic carbocycles. The normalized spacial score (nSPS) is 21.0. The Morgan fingerprint density at radius 2 is 1.65 bits per heavy atom. The van der Waals surface area contributed by atoms with Crippen LogP contribution >= 0.6 is 0 Å². The van der Waals surface area contributed by atoms with Gasteiger partial charge < -0.3 is 10.1 Å². The predicted octanol–water partition coefficient (Wildman–Crippen LogP) is 3.10. The first-order valence-corrected chi connectivity index (χ1v) is 8.53. The molecule has 5 nitrogen and oxygen atoms in total. The van der Waals surface area contributed by atoms with Crippen LogP contribution in [0.4, 0.5) is 4.79 Å². The summed E-state index contributed by atoms with van der Waals surface area (Å²) in [5.74, 6) is 0.682. The number of carbonyl (C=O) groups is 2. The van der Waals surface area contributed by atoms with E-state index in [2.05, 4.69) is 5.32 Å². The smallest absolute Gasteiger partial charge is 0.325 e. The molecule has 1 N–H and O–H groups in total. The zero-order valence-corrected chi connectivity index (χ0v) is 13.4. The number of carbonyl (C=O) groups excluding carboxylic acids is 2. The molecule has 1 aromatic carbocycles. The van der Waals surface area contributed by atoms with Gasteiger partial charge in [0.1, 0.15) is 17.9 Å². The van der Waals surface area contributed by atoms with Gasteiger partial charge >= 0.3 is 6.03 Å². The highest BCUT2D eigenvalue weighted by atomic mass is 16.5. The average Bonchev–Trinajstić information content (AvgIpc) is 2.77. The van der Waals surface area contributed by atoms with Crippen LogP contribution in [0.5, 0.6) is 5.75 Å².